The molecule has 0 amide bonds. The molecule has 0 spiro atoms. The highest BCUT2D eigenvalue weighted by Crippen LogP contribution is 2.31. The maximum absolute atomic E-state index is 6.28. The minimum Gasteiger partial charge on any atom is -0.353 e. The van der Waals surface area contributed by atoms with Crippen molar-refractivity contribution in [2.45, 2.75) is 52.0 Å². The largest absolute Gasteiger partial charge is 0.353 e. The van der Waals surface area contributed by atoms with Crippen molar-refractivity contribution >= 4 is 23.2 Å². The first-order valence-corrected chi connectivity index (χ1v) is 7.72. The Morgan fingerprint density at radius 3 is 3.00 bits per heavy atom. The molecule has 0 saturated carbocycles. The summed E-state index contributed by atoms with van der Waals surface area (Å²) in [5.41, 5.74) is 0.991. The molecule has 1 aliphatic rings. The van der Waals surface area contributed by atoms with Crippen molar-refractivity contribution in [3.63, 3.8) is 0 Å². The van der Waals surface area contributed by atoms with Crippen molar-refractivity contribution < 1.29 is 0 Å². The van der Waals surface area contributed by atoms with Gasteiger partial charge in [0.15, 0.2) is 0 Å². The van der Waals surface area contributed by atoms with E-state index in [4.69, 9.17) is 11.6 Å². The van der Waals surface area contributed by atoms with Gasteiger partial charge < -0.3 is 4.90 Å². The molecule has 1 unspecified atom stereocenters. The van der Waals surface area contributed by atoms with E-state index in [0.717, 1.165) is 24.3 Å². The van der Waals surface area contributed by atoms with Gasteiger partial charge in [0.05, 0.1) is 0 Å². The maximum Gasteiger partial charge on any atom is 0.255 e. The fourth-order valence-corrected chi connectivity index (χ4v) is 3.26. The van der Waals surface area contributed by atoms with Crippen LogP contribution in [0.4, 0.5) is 5.82 Å². The summed E-state index contributed by atoms with van der Waals surface area (Å²) in [7, 11) is 0. The SMILES string of the molecule is CCC1CCCCCN1c1c(C)c(Cl)nc2ncnn12. The summed E-state index contributed by atoms with van der Waals surface area (Å²) in [5.74, 6) is 1.64. The summed E-state index contributed by atoms with van der Waals surface area (Å²) >= 11 is 6.28. The molecule has 5 nitrogen and oxygen atoms in total. The molecular formula is C14H20ClN5. The van der Waals surface area contributed by atoms with Crippen molar-refractivity contribution in [1.82, 2.24) is 19.6 Å². The third-order valence-corrected chi connectivity index (χ3v) is 4.56. The Kier molecular flexibility index (Phi) is 3.78. The molecule has 0 bridgehead atoms. The molecule has 0 aromatic carbocycles. The highest BCUT2D eigenvalue weighted by Gasteiger charge is 2.25. The summed E-state index contributed by atoms with van der Waals surface area (Å²) in [6.45, 7) is 5.32. The second kappa shape index (κ2) is 5.56. The molecule has 2 aromatic rings. The molecule has 1 atom stereocenters. The molecule has 20 heavy (non-hydrogen) atoms. The Morgan fingerprint density at radius 2 is 2.20 bits per heavy atom. The highest BCUT2D eigenvalue weighted by molar-refractivity contribution is 6.30. The molecule has 6 heteroatoms. The van der Waals surface area contributed by atoms with E-state index in [1.54, 1.807) is 6.33 Å². The fourth-order valence-electron chi connectivity index (χ4n) is 3.10. The summed E-state index contributed by atoms with van der Waals surface area (Å²) in [5, 5.41) is 4.87. The molecule has 0 N–H and O–H groups in total. The second-order valence-electron chi connectivity index (χ2n) is 5.43. The molecule has 0 radical (unpaired) electrons. The van der Waals surface area contributed by atoms with Crippen LogP contribution in [0.2, 0.25) is 5.15 Å². The number of fused-ring (bicyclic) bond motifs is 1. The van der Waals surface area contributed by atoms with Crippen LogP contribution in [0.1, 0.15) is 44.6 Å². The molecule has 3 rings (SSSR count). The monoisotopic (exact) mass is 293 g/mol. The Morgan fingerprint density at radius 1 is 1.35 bits per heavy atom. The first-order valence-electron chi connectivity index (χ1n) is 7.35. The highest BCUT2D eigenvalue weighted by atomic mass is 35.5. The van der Waals surface area contributed by atoms with E-state index < -0.39 is 0 Å². The van der Waals surface area contributed by atoms with E-state index in [1.807, 2.05) is 11.4 Å². The van der Waals surface area contributed by atoms with Crippen LogP contribution in [0.25, 0.3) is 5.78 Å². The quantitative estimate of drug-likeness (QED) is 0.798. The van der Waals surface area contributed by atoms with Gasteiger partial charge in [0.2, 0.25) is 0 Å². The third-order valence-electron chi connectivity index (χ3n) is 4.19. The van der Waals surface area contributed by atoms with Crippen LogP contribution in [-0.2, 0) is 0 Å². The van der Waals surface area contributed by atoms with Crippen LogP contribution < -0.4 is 4.90 Å². The van der Waals surface area contributed by atoms with Gasteiger partial charge in [0.1, 0.15) is 17.3 Å². The molecule has 2 aromatic heterocycles. The van der Waals surface area contributed by atoms with Crippen LogP contribution in [-0.4, -0.2) is 32.2 Å². The smallest absolute Gasteiger partial charge is 0.255 e. The topological polar surface area (TPSA) is 46.3 Å². The lowest BCUT2D eigenvalue weighted by Crippen LogP contribution is -2.36. The van der Waals surface area contributed by atoms with Crippen LogP contribution in [0.3, 0.4) is 0 Å². The average Bonchev–Trinajstić information content (AvgIpc) is 2.77. The van der Waals surface area contributed by atoms with Gasteiger partial charge in [-0.2, -0.15) is 19.6 Å². The van der Waals surface area contributed by atoms with Gasteiger partial charge >= 0.3 is 0 Å². The lowest BCUT2D eigenvalue weighted by Gasteiger charge is -2.32. The minimum atomic E-state index is 0.527. The first kappa shape index (κ1) is 13.6. The van der Waals surface area contributed by atoms with Crippen molar-refractivity contribution in [2.75, 3.05) is 11.4 Å². The van der Waals surface area contributed by atoms with E-state index in [0.29, 0.717) is 17.0 Å². The predicted molar refractivity (Wildman–Crippen MR) is 80.4 cm³/mol. The molecule has 1 aliphatic heterocycles. The lowest BCUT2D eigenvalue weighted by molar-refractivity contribution is 0.546. The van der Waals surface area contributed by atoms with Gasteiger partial charge in [-0.05, 0) is 26.2 Å². The normalized spacial score (nSPS) is 20.4. The number of rotatable bonds is 2. The van der Waals surface area contributed by atoms with Crippen LogP contribution in [0, 0.1) is 6.92 Å². The zero-order valence-corrected chi connectivity index (χ0v) is 12.8. The number of nitrogens with zero attached hydrogens (tertiary/aromatic N) is 5. The molecule has 3 heterocycles. The van der Waals surface area contributed by atoms with E-state index in [-0.39, 0.29) is 0 Å². The average molecular weight is 294 g/mol. The van der Waals surface area contributed by atoms with Crippen LogP contribution in [0.5, 0.6) is 0 Å². The summed E-state index contributed by atoms with van der Waals surface area (Å²) in [4.78, 5) is 10.9. The lowest BCUT2D eigenvalue weighted by atomic mass is 10.1. The maximum atomic E-state index is 6.28. The summed E-state index contributed by atoms with van der Waals surface area (Å²) in [6.07, 6.45) is 7.72. The van der Waals surface area contributed by atoms with Gasteiger partial charge in [-0.25, -0.2) is 0 Å². The third kappa shape index (κ3) is 2.24. The summed E-state index contributed by atoms with van der Waals surface area (Å²) in [6, 6.07) is 0.544. The zero-order valence-electron chi connectivity index (χ0n) is 12.0. The van der Waals surface area contributed by atoms with E-state index in [1.165, 1.54) is 25.7 Å². The predicted octanol–water partition coefficient (Wildman–Crippen LogP) is 3.25. The number of anilines is 1. The standard InChI is InChI=1S/C14H20ClN5/c1-3-11-7-5-4-6-8-19(11)13-10(2)12(15)18-14-16-9-17-20(13)14/h9,11H,3-8H2,1-2H3. The molecular weight excluding hydrogens is 274 g/mol. The number of aromatic nitrogens is 4. The Balaban J connectivity index is 2.15. The zero-order chi connectivity index (χ0) is 14.1. The van der Waals surface area contributed by atoms with Gasteiger partial charge in [0, 0.05) is 18.2 Å². The van der Waals surface area contributed by atoms with E-state index in [9.17, 15) is 0 Å². The second-order valence-corrected chi connectivity index (χ2v) is 5.79. The van der Waals surface area contributed by atoms with Crippen molar-refractivity contribution in [3.05, 3.63) is 17.0 Å². The van der Waals surface area contributed by atoms with E-state index >= 15 is 0 Å². The van der Waals surface area contributed by atoms with Crippen LogP contribution in [0.15, 0.2) is 6.33 Å². The number of hydrogen-bond acceptors (Lipinski definition) is 4. The van der Waals surface area contributed by atoms with Crippen molar-refractivity contribution in [3.8, 4) is 0 Å². The first-order chi connectivity index (χ1) is 9.72. The van der Waals surface area contributed by atoms with Crippen molar-refractivity contribution in [1.29, 1.82) is 0 Å². The molecule has 0 aliphatic carbocycles. The van der Waals surface area contributed by atoms with Gasteiger partial charge in [-0.3, -0.25) is 0 Å². The van der Waals surface area contributed by atoms with Gasteiger partial charge in [0.25, 0.3) is 5.78 Å². The van der Waals surface area contributed by atoms with Crippen molar-refractivity contribution in [2.24, 2.45) is 0 Å². The Labute approximate surface area is 124 Å². The fraction of sp³-hybridized carbons (Fsp3) is 0.643. The van der Waals surface area contributed by atoms with Gasteiger partial charge in [-0.1, -0.05) is 31.4 Å². The van der Waals surface area contributed by atoms with Gasteiger partial charge in [-0.15, -0.1) is 0 Å². The van der Waals surface area contributed by atoms with E-state index in [2.05, 4.69) is 26.9 Å². The molecule has 108 valence electrons. The summed E-state index contributed by atoms with van der Waals surface area (Å²) < 4.78 is 1.83. The van der Waals surface area contributed by atoms with Crippen LogP contribution >= 0.6 is 11.6 Å². The molecule has 1 saturated heterocycles. The Bertz CT molecular complexity index is 609. The minimum absolute atomic E-state index is 0.527. The number of halogens is 1. The number of hydrogen-bond donors (Lipinski definition) is 0. The Hall–Kier alpha value is -1.36. The molecule has 1 fully saturated rings.